The van der Waals surface area contributed by atoms with Crippen LogP contribution in [0.5, 0.6) is 0 Å². The molecule has 0 unspecified atom stereocenters. The normalized spacial score (nSPS) is 20.9. The highest BCUT2D eigenvalue weighted by Crippen LogP contribution is 2.39. The zero-order valence-corrected chi connectivity index (χ0v) is 17.6. The Labute approximate surface area is 167 Å². The molecule has 1 saturated heterocycles. The van der Waals surface area contributed by atoms with E-state index in [4.69, 9.17) is 0 Å². The molecule has 3 rings (SSSR count). The second-order valence-electron chi connectivity index (χ2n) is 8.21. The molecule has 2 fully saturated rings. The van der Waals surface area contributed by atoms with Crippen molar-refractivity contribution in [3.05, 3.63) is 29.3 Å². The third kappa shape index (κ3) is 4.37. The van der Waals surface area contributed by atoms with Crippen LogP contribution in [-0.4, -0.2) is 56.9 Å². The summed E-state index contributed by atoms with van der Waals surface area (Å²) in [4.78, 5) is 13.7. The number of benzene rings is 1. The van der Waals surface area contributed by atoms with Crippen LogP contribution in [-0.2, 0) is 14.8 Å². The van der Waals surface area contributed by atoms with E-state index in [0.29, 0.717) is 31.1 Å². The van der Waals surface area contributed by atoms with Gasteiger partial charge in [-0.1, -0.05) is 6.07 Å². The quantitative estimate of drug-likeness (QED) is 0.697. The number of carbonyl (C=O) groups excluding carboxylic acids is 1. The summed E-state index contributed by atoms with van der Waals surface area (Å²) >= 11 is 0. The summed E-state index contributed by atoms with van der Waals surface area (Å²) in [5.74, 6) is 0.104. The standard InChI is InChI=1S/C20H28N4O3S/c1-15-4-7-18(12-16(15)2)28(26,27)24-10-8-23(9-11-24)13-19(25)22-20(3,14-21)17-5-6-17/h4,7,12,17H,5-6,8-11,13H2,1-3H3,(H,22,25)/p+1/t20-/m0/s1. The Balaban J connectivity index is 1.56. The summed E-state index contributed by atoms with van der Waals surface area (Å²) in [6.07, 6.45) is 1.96. The molecule has 1 amide bonds. The molecule has 1 saturated carbocycles. The van der Waals surface area contributed by atoms with Crippen LogP contribution < -0.4 is 10.2 Å². The summed E-state index contributed by atoms with van der Waals surface area (Å²) in [6.45, 7) is 7.83. The summed E-state index contributed by atoms with van der Waals surface area (Å²) in [5, 5.41) is 12.3. The fraction of sp³-hybridized carbons (Fsp3) is 0.600. The van der Waals surface area contributed by atoms with E-state index in [-0.39, 0.29) is 18.4 Å². The maximum atomic E-state index is 12.9. The number of nitrogens with one attached hydrogen (secondary N) is 2. The predicted octanol–water partition coefficient (Wildman–Crippen LogP) is 0.00112. The molecule has 1 atom stereocenters. The van der Waals surface area contributed by atoms with Gasteiger partial charge in [0.1, 0.15) is 5.54 Å². The van der Waals surface area contributed by atoms with Crippen LogP contribution >= 0.6 is 0 Å². The Bertz CT molecular complexity index is 897. The monoisotopic (exact) mass is 405 g/mol. The van der Waals surface area contributed by atoms with E-state index in [1.54, 1.807) is 19.1 Å². The Kier molecular flexibility index (Phi) is 5.80. The van der Waals surface area contributed by atoms with Gasteiger partial charge in [-0.2, -0.15) is 9.57 Å². The fourth-order valence-corrected chi connectivity index (χ4v) is 5.21. The Morgan fingerprint density at radius 3 is 2.46 bits per heavy atom. The number of nitrogens with zero attached hydrogens (tertiary/aromatic N) is 2. The lowest BCUT2D eigenvalue weighted by Crippen LogP contribution is -3.16. The van der Waals surface area contributed by atoms with Crippen molar-refractivity contribution in [1.29, 1.82) is 5.26 Å². The van der Waals surface area contributed by atoms with Gasteiger partial charge in [-0.3, -0.25) is 4.79 Å². The molecule has 8 heteroatoms. The van der Waals surface area contributed by atoms with E-state index in [1.165, 1.54) is 4.31 Å². The highest BCUT2D eigenvalue weighted by Gasteiger charge is 2.43. The minimum absolute atomic E-state index is 0.142. The average molecular weight is 406 g/mol. The van der Waals surface area contributed by atoms with Gasteiger partial charge in [0.05, 0.1) is 37.1 Å². The van der Waals surface area contributed by atoms with Gasteiger partial charge in [-0.05, 0) is 62.8 Å². The van der Waals surface area contributed by atoms with Crippen LogP contribution in [0.3, 0.4) is 0 Å². The minimum atomic E-state index is -3.51. The number of hydrogen-bond acceptors (Lipinski definition) is 4. The molecule has 1 aromatic rings. The van der Waals surface area contributed by atoms with E-state index in [1.807, 2.05) is 19.9 Å². The van der Waals surface area contributed by atoms with Crippen LogP contribution in [0.15, 0.2) is 23.1 Å². The zero-order chi connectivity index (χ0) is 20.5. The molecule has 28 heavy (non-hydrogen) atoms. The van der Waals surface area contributed by atoms with Crippen molar-refractivity contribution in [3.8, 4) is 6.07 Å². The van der Waals surface area contributed by atoms with Crippen molar-refractivity contribution in [1.82, 2.24) is 9.62 Å². The van der Waals surface area contributed by atoms with Crippen LogP contribution in [0, 0.1) is 31.1 Å². The number of sulfonamides is 1. The highest BCUT2D eigenvalue weighted by atomic mass is 32.2. The molecule has 0 spiro atoms. The van der Waals surface area contributed by atoms with Gasteiger partial charge in [-0.25, -0.2) is 8.42 Å². The van der Waals surface area contributed by atoms with Gasteiger partial charge in [-0.15, -0.1) is 0 Å². The van der Waals surface area contributed by atoms with Crippen LogP contribution in [0.4, 0.5) is 0 Å². The van der Waals surface area contributed by atoms with Gasteiger partial charge in [0.2, 0.25) is 10.0 Å². The van der Waals surface area contributed by atoms with Crippen molar-refractivity contribution < 1.29 is 18.1 Å². The first-order chi connectivity index (χ1) is 13.2. The molecule has 2 N–H and O–H groups in total. The molecular weight excluding hydrogens is 376 g/mol. The number of quaternary nitrogens is 1. The van der Waals surface area contributed by atoms with Crippen molar-refractivity contribution in [2.75, 3.05) is 32.7 Å². The molecular formula is C20H29N4O3S+. The van der Waals surface area contributed by atoms with Crippen LogP contribution in [0.25, 0.3) is 0 Å². The SMILES string of the molecule is Cc1ccc(S(=O)(=O)N2CC[NH+](CC(=O)N[C@@](C)(C#N)C3CC3)CC2)cc1C. The molecule has 1 aromatic carbocycles. The number of aryl methyl sites for hydroxylation is 2. The number of hydrogen-bond donors (Lipinski definition) is 2. The van der Waals surface area contributed by atoms with Gasteiger partial charge < -0.3 is 10.2 Å². The average Bonchev–Trinajstić information content (AvgIpc) is 3.50. The van der Waals surface area contributed by atoms with Gasteiger partial charge in [0, 0.05) is 0 Å². The first-order valence-electron chi connectivity index (χ1n) is 9.79. The van der Waals surface area contributed by atoms with Gasteiger partial charge in [0.15, 0.2) is 6.54 Å². The number of nitriles is 1. The van der Waals surface area contributed by atoms with Crippen LogP contribution in [0.1, 0.15) is 30.9 Å². The Morgan fingerprint density at radius 2 is 1.93 bits per heavy atom. The number of amides is 1. The smallest absolute Gasteiger partial charge is 0.276 e. The second kappa shape index (κ2) is 7.82. The molecule has 0 aromatic heterocycles. The molecule has 2 aliphatic rings. The number of piperazine rings is 1. The Hall–Kier alpha value is -1.95. The molecule has 1 aliphatic heterocycles. The number of rotatable bonds is 6. The Morgan fingerprint density at radius 1 is 1.29 bits per heavy atom. The van der Waals surface area contributed by atoms with Crippen molar-refractivity contribution in [3.63, 3.8) is 0 Å². The van der Waals surface area contributed by atoms with E-state index >= 15 is 0 Å². The van der Waals surface area contributed by atoms with Gasteiger partial charge in [0.25, 0.3) is 5.91 Å². The highest BCUT2D eigenvalue weighted by molar-refractivity contribution is 7.89. The summed E-state index contributed by atoms with van der Waals surface area (Å²) in [6, 6.07) is 7.44. The summed E-state index contributed by atoms with van der Waals surface area (Å²) in [5.41, 5.74) is 1.23. The van der Waals surface area contributed by atoms with E-state index < -0.39 is 15.6 Å². The van der Waals surface area contributed by atoms with E-state index in [0.717, 1.165) is 28.9 Å². The molecule has 1 heterocycles. The molecule has 0 radical (unpaired) electrons. The van der Waals surface area contributed by atoms with Crippen molar-refractivity contribution >= 4 is 15.9 Å². The molecule has 152 valence electrons. The maximum Gasteiger partial charge on any atom is 0.276 e. The first-order valence-corrected chi connectivity index (χ1v) is 11.2. The predicted molar refractivity (Wildman–Crippen MR) is 105 cm³/mol. The van der Waals surface area contributed by atoms with Gasteiger partial charge >= 0.3 is 0 Å². The largest absolute Gasteiger partial charge is 0.333 e. The summed E-state index contributed by atoms with van der Waals surface area (Å²) < 4.78 is 27.3. The maximum absolute atomic E-state index is 12.9. The lowest BCUT2D eigenvalue weighted by molar-refractivity contribution is -0.895. The molecule has 7 nitrogen and oxygen atoms in total. The lowest BCUT2D eigenvalue weighted by atomic mass is 9.98. The molecule has 0 bridgehead atoms. The topological polar surface area (TPSA) is 94.7 Å². The van der Waals surface area contributed by atoms with E-state index in [9.17, 15) is 18.5 Å². The third-order valence-corrected chi connectivity index (χ3v) is 7.88. The minimum Gasteiger partial charge on any atom is -0.333 e. The summed E-state index contributed by atoms with van der Waals surface area (Å²) in [7, 11) is -3.51. The van der Waals surface area contributed by atoms with Crippen molar-refractivity contribution in [2.24, 2.45) is 5.92 Å². The first kappa shape index (κ1) is 20.8. The number of carbonyl (C=O) groups is 1. The van der Waals surface area contributed by atoms with Crippen LogP contribution in [0.2, 0.25) is 0 Å². The van der Waals surface area contributed by atoms with Crippen molar-refractivity contribution in [2.45, 2.75) is 44.0 Å². The molecule has 1 aliphatic carbocycles. The lowest BCUT2D eigenvalue weighted by Gasteiger charge is -2.32. The second-order valence-corrected chi connectivity index (χ2v) is 10.2. The van der Waals surface area contributed by atoms with E-state index in [2.05, 4.69) is 11.4 Å². The fourth-order valence-electron chi connectivity index (χ4n) is 3.69. The third-order valence-electron chi connectivity index (χ3n) is 5.98. The zero-order valence-electron chi connectivity index (χ0n) is 16.8.